The zero-order valence-corrected chi connectivity index (χ0v) is 72.7. The average molecular weight is 1770 g/mol. The van der Waals surface area contributed by atoms with Gasteiger partial charge < -0.3 is 148 Å². The Kier molecular flexibility index (Phi) is 53.1. The SMILES string of the molecule is CNC(=O)[C@@H](CCCNC(=N)N)NC(=O)[C@@H](CCCNC(=N)N)NC(=O)[C@@H](CCCNC(=N)N)NC(=O)[C@@H](CCCNC(=N)N)NC(=O)[C@@H](CCCNC(=N)N)NC(=O)CNC(=O)[C@H](C)NC(=O)[C@H](CSC)NC(=O)CNC(=O)[C@H](CC(C)C)NC(=O)[C@@H]1CCCN1C(=O)COCCNC(=O)[C@@H](C)Cc1ccc(/C(C)=N/OCCNC(=O)OCCOC)cc1. The first-order valence-corrected chi connectivity index (χ1v) is 42.2. The number of methoxy groups -OCH3 is 1. The van der Waals surface area contributed by atoms with Crippen LogP contribution >= 0.6 is 11.8 Å². The Labute approximate surface area is 725 Å². The summed E-state index contributed by atoms with van der Waals surface area (Å²) in [5.74, 6) is -12.2. The first-order chi connectivity index (χ1) is 58.9. The van der Waals surface area contributed by atoms with Crippen LogP contribution < -0.4 is 124 Å². The molecule has 0 radical (unpaired) electrons. The number of likely N-dealkylation sites (tertiary alicyclic amines) is 1. The van der Waals surface area contributed by atoms with Crippen molar-refractivity contribution in [3.8, 4) is 0 Å². The molecule has 2 rings (SSSR count). The Morgan fingerprint density at radius 1 is 0.492 bits per heavy atom. The van der Waals surface area contributed by atoms with Crippen LogP contribution in [-0.4, -0.2) is 302 Å². The number of amides is 14. The molecule has 14 amide bonds. The lowest BCUT2D eigenvalue weighted by Gasteiger charge is -2.27. The van der Waals surface area contributed by atoms with Gasteiger partial charge in [-0.3, -0.25) is 89.4 Å². The molecule has 1 aliphatic rings. The van der Waals surface area contributed by atoms with E-state index in [1.165, 1.54) is 26.0 Å². The lowest BCUT2D eigenvalue weighted by atomic mass is 9.98. The van der Waals surface area contributed by atoms with Crippen LogP contribution in [0.2, 0.25) is 0 Å². The molecule has 1 fully saturated rings. The summed E-state index contributed by atoms with van der Waals surface area (Å²) in [6, 6.07) is -4.21. The van der Waals surface area contributed by atoms with E-state index in [4.69, 9.17) is 74.8 Å². The summed E-state index contributed by atoms with van der Waals surface area (Å²) < 4.78 is 15.4. The second-order valence-corrected chi connectivity index (χ2v) is 30.2. The van der Waals surface area contributed by atoms with Crippen molar-refractivity contribution in [2.24, 2.45) is 45.7 Å². The summed E-state index contributed by atoms with van der Waals surface area (Å²) in [7, 11) is 2.85. The monoisotopic (exact) mass is 1770 g/mol. The molecule has 1 heterocycles. The van der Waals surface area contributed by atoms with Crippen molar-refractivity contribution in [2.75, 3.05) is 125 Å². The third-order valence-electron chi connectivity index (χ3n) is 18.5. The van der Waals surface area contributed by atoms with Gasteiger partial charge in [-0.15, -0.1) is 0 Å². The zero-order chi connectivity index (χ0) is 92.6. The molecule has 10 atom stereocenters. The van der Waals surface area contributed by atoms with Gasteiger partial charge in [-0.2, -0.15) is 11.8 Å². The summed E-state index contributed by atoms with van der Waals surface area (Å²) in [5, 5.41) is 88.6. The normalized spacial score (nSPS) is 14.4. The maximum absolute atomic E-state index is 14.6. The van der Waals surface area contributed by atoms with E-state index in [0.717, 1.165) is 22.9 Å². The van der Waals surface area contributed by atoms with Crippen molar-refractivity contribution in [1.82, 2.24) is 101 Å². The van der Waals surface area contributed by atoms with E-state index in [2.05, 4.69) is 101 Å². The molecule has 696 valence electrons. The van der Waals surface area contributed by atoms with Crippen molar-refractivity contribution < 1.29 is 86.2 Å². The van der Waals surface area contributed by atoms with Gasteiger partial charge in [-0.25, -0.2) is 4.79 Å². The smallest absolute Gasteiger partial charge is 0.407 e. The highest BCUT2D eigenvalue weighted by Gasteiger charge is 2.38. The van der Waals surface area contributed by atoms with Crippen LogP contribution in [0, 0.1) is 38.9 Å². The first-order valence-electron chi connectivity index (χ1n) is 40.8. The molecule has 1 aromatic rings. The molecule has 124 heavy (non-hydrogen) atoms. The number of rotatable bonds is 61. The molecule has 0 saturated carbocycles. The van der Waals surface area contributed by atoms with Gasteiger partial charge in [0.25, 0.3) is 0 Å². The molecular formula is C75H132N30O18S. The molecule has 1 aliphatic heterocycles. The summed E-state index contributed by atoms with van der Waals surface area (Å²) >= 11 is 1.16. The second kappa shape index (κ2) is 61.1. The fourth-order valence-corrected chi connectivity index (χ4v) is 12.6. The number of ether oxygens (including phenoxy) is 3. The quantitative estimate of drug-likeness (QED) is 0.0125. The number of hydrogen-bond donors (Lipinski definition) is 28. The van der Waals surface area contributed by atoms with Crippen LogP contribution in [0.15, 0.2) is 29.4 Å². The predicted molar refractivity (Wildman–Crippen MR) is 462 cm³/mol. The van der Waals surface area contributed by atoms with Gasteiger partial charge in [-0.05, 0) is 127 Å². The summed E-state index contributed by atoms with van der Waals surface area (Å²) in [6.45, 7) is 8.04. The molecule has 48 nitrogen and oxygen atoms in total. The Morgan fingerprint density at radius 3 is 1.37 bits per heavy atom. The highest BCUT2D eigenvalue weighted by atomic mass is 32.2. The highest BCUT2D eigenvalue weighted by molar-refractivity contribution is 7.98. The molecule has 49 heteroatoms. The van der Waals surface area contributed by atoms with Crippen LogP contribution in [0.4, 0.5) is 4.79 Å². The molecule has 33 N–H and O–H groups in total. The molecule has 0 aromatic heterocycles. The number of nitrogens with one attached hydrogen (secondary N) is 23. The number of hydrogen-bond acceptors (Lipinski definition) is 25. The largest absolute Gasteiger partial charge is 0.447 e. The van der Waals surface area contributed by atoms with E-state index in [1.807, 2.05) is 38.1 Å². The van der Waals surface area contributed by atoms with E-state index in [0.29, 0.717) is 25.0 Å². The standard InChI is InChI=1S/C75H132N30O18S/c1-43(2)37-54(103-69(118)56-20-14-32-105(56)59(108)41-121-33-30-87-60(109)44(3)38-47-21-23-48(24-22-47)45(4)104-123-34-31-93-75(119)122-36-35-120-7)63(112)95-40-58(107)98-55(42-124-8)68(117)96-46(5)61(110)94-39-57(106)97-50(16-10-26-89-71(78)79)64(113)100-52(18-12-28-91-73(82)83)66(115)102-53(19-13-29-92-74(84)85)67(116)101-51(17-11-27-90-72(80)81)65(114)99-49(62(111)86-6)15-9-25-88-70(76)77/h21-24,43-44,46,49-56H,9-20,25-42H2,1-8H3,(H,86,111)(H,87,109)(H,93,119)(H,94,110)(H,95,112)(H,96,117)(H,97,106)(H,98,107)(H,99,114)(H,100,113)(H,101,116)(H,102,115)(H,103,118)(H4,76,77,88)(H4,78,79,89)(H4,80,81,90)(H4,82,83,91)(H4,84,85,92)/b104-45+/t44-,46-,49+,50+,51+,52+,53+,54-,55-,56-/m0/s1. The molecule has 1 saturated heterocycles. The number of guanidine groups is 5. The van der Waals surface area contributed by atoms with Gasteiger partial charge in [0.2, 0.25) is 76.8 Å². The number of nitrogens with two attached hydrogens (primary N) is 5. The van der Waals surface area contributed by atoms with Crippen LogP contribution in [-0.2, 0) is 87.8 Å². The van der Waals surface area contributed by atoms with E-state index in [-0.39, 0.29) is 186 Å². The molecule has 0 spiro atoms. The van der Waals surface area contributed by atoms with Crippen LogP contribution in [0.1, 0.15) is 129 Å². The van der Waals surface area contributed by atoms with Gasteiger partial charge in [0.1, 0.15) is 74.2 Å². The molecule has 0 bridgehead atoms. The van der Waals surface area contributed by atoms with E-state index < -0.39 is 168 Å². The Morgan fingerprint density at radius 2 is 0.927 bits per heavy atom. The van der Waals surface area contributed by atoms with Crippen molar-refractivity contribution >= 4 is 130 Å². The number of alkyl carbamates (subject to hydrolysis) is 1. The maximum Gasteiger partial charge on any atom is 0.407 e. The molecule has 0 aliphatic carbocycles. The number of benzene rings is 1. The number of carbonyl (C=O) groups is 14. The number of carbonyl (C=O) groups excluding carboxylic acids is 14. The van der Waals surface area contributed by atoms with Gasteiger partial charge in [-0.1, -0.05) is 50.2 Å². The van der Waals surface area contributed by atoms with Gasteiger partial charge in [0.05, 0.1) is 38.6 Å². The fraction of sp³-hybridized carbons (Fsp3) is 0.653. The average Bonchev–Trinajstić information content (AvgIpc) is 1.24. The number of thioether (sulfide) groups is 1. The van der Waals surface area contributed by atoms with E-state index in [1.54, 1.807) is 20.1 Å². The summed E-state index contributed by atoms with van der Waals surface area (Å²) in [4.78, 5) is 197. The highest BCUT2D eigenvalue weighted by Crippen LogP contribution is 2.20. The van der Waals surface area contributed by atoms with Crippen molar-refractivity contribution in [3.63, 3.8) is 0 Å². The number of nitrogens with zero attached hydrogens (tertiary/aromatic N) is 2. The first kappa shape index (κ1) is 108. The van der Waals surface area contributed by atoms with E-state index in [9.17, 15) is 67.1 Å². The third kappa shape index (κ3) is 46.6. The molecule has 1 aromatic carbocycles. The minimum Gasteiger partial charge on any atom is -0.447 e. The van der Waals surface area contributed by atoms with Crippen LogP contribution in [0.3, 0.4) is 0 Å². The summed E-state index contributed by atoms with van der Waals surface area (Å²) in [6.07, 6.45) is 2.51. The van der Waals surface area contributed by atoms with Crippen molar-refractivity contribution in [3.05, 3.63) is 35.4 Å². The fourth-order valence-electron chi connectivity index (χ4n) is 12.0. The predicted octanol–water partition coefficient (Wildman–Crippen LogP) is -7.30. The topological polar surface area (TPSA) is 757 Å². The lowest BCUT2D eigenvalue weighted by Crippen LogP contribution is -2.59. The van der Waals surface area contributed by atoms with Gasteiger partial charge >= 0.3 is 6.09 Å². The van der Waals surface area contributed by atoms with Crippen molar-refractivity contribution in [1.29, 1.82) is 27.0 Å². The minimum atomic E-state index is -1.50. The zero-order valence-electron chi connectivity index (χ0n) is 71.9. The minimum absolute atomic E-state index is 0.00436. The maximum atomic E-state index is 14.6. The van der Waals surface area contributed by atoms with Gasteiger partial charge in [0, 0.05) is 71.6 Å². The second-order valence-electron chi connectivity index (χ2n) is 29.3. The number of oxime groups is 1. The van der Waals surface area contributed by atoms with Crippen molar-refractivity contribution in [2.45, 2.75) is 179 Å². The summed E-state index contributed by atoms with van der Waals surface area (Å²) in [5.41, 5.74) is 29.7. The van der Waals surface area contributed by atoms with Crippen LogP contribution in [0.25, 0.3) is 0 Å². The Bertz CT molecular complexity index is 3720. The molecular weight excluding hydrogens is 1640 g/mol. The number of likely N-dealkylation sites (N-methyl/N-ethyl adjacent to an activating group) is 1. The third-order valence-corrected chi connectivity index (χ3v) is 19.1. The Hall–Kier alpha value is -12.3. The molecule has 0 unspecified atom stereocenters. The Balaban J connectivity index is 2.14. The lowest BCUT2D eigenvalue weighted by molar-refractivity contribution is -0.142. The van der Waals surface area contributed by atoms with Gasteiger partial charge in [0.15, 0.2) is 29.8 Å². The van der Waals surface area contributed by atoms with E-state index >= 15 is 0 Å². The van der Waals surface area contributed by atoms with Crippen LogP contribution in [0.5, 0.6) is 0 Å².